The molecule has 1 saturated heterocycles. The molecule has 0 saturated carbocycles. The molecule has 0 unspecified atom stereocenters. The standard InChI is InChI=1S/C14H18F4N2O.ClH/c15-10-1-2-11(12(9-10)14(16,17)18)13(3-8-21)20-6-4-19-5-7-20;/h1-2,9,13,19,21H,3-8H2;1H/t13-;/m1./s1. The van der Waals surface area contributed by atoms with Gasteiger partial charge in [0.2, 0.25) is 0 Å². The zero-order valence-electron chi connectivity index (χ0n) is 11.9. The van der Waals surface area contributed by atoms with Crippen LogP contribution in [-0.4, -0.2) is 42.8 Å². The molecule has 0 aromatic heterocycles. The second-order valence-electron chi connectivity index (χ2n) is 5.04. The van der Waals surface area contributed by atoms with Crippen molar-refractivity contribution in [3.63, 3.8) is 0 Å². The van der Waals surface area contributed by atoms with Gasteiger partial charge in [0, 0.05) is 38.8 Å². The van der Waals surface area contributed by atoms with Crippen molar-refractivity contribution in [2.75, 3.05) is 32.8 Å². The van der Waals surface area contributed by atoms with E-state index in [1.54, 1.807) is 0 Å². The minimum absolute atomic E-state index is 0. The lowest BCUT2D eigenvalue weighted by molar-refractivity contribution is -0.139. The van der Waals surface area contributed by atoms with E-state index < -0.39 is 23.6 Å². The highest BCUT2D eigenvalue weighted by atomic mass is 35.5. The number of rotatable bonds is 4. The Labute approximate surface area is 132 Å². The molecule has 1 heterocycles. The van der Waals surface area contributed by atoms with Crippen LogP contribution in [0.2, 0.25) is 0 Å². The Morgan fingerprint density at radius 3 is 2.41 bits per heavy atom. The molecule has 2 N–H and O–H groups in total. The number of aliphatic hydroxyl groups excluding tert-OH is 1. The lowest BCUT2D eigenvalue weighted by Crippen LogP contribution is -2.45. The highest BCUT2D eigenvalue weighted by Crippen LogP contribution is 2.38. The van der Waals surface area contributed by atoms with E-state index in [1.165, 1.54) is 6.07 Å². The van der Waals surface area contributed by atoms with Crippen molar-refractivity contribution in [2.24, 2.45) is 0 Å². The van der Waals surface area contributed by atoms with E-state index in [0.717, 1.165) is 6.07 Å². The highest BCUT2D eigenvalue weighted by molar-refractivity contribution is 5.85. The first-order chi connectivity index (χ1) is 9.93. The Bertz CT molecular complexity index is 478. The molecular weight excluding hydrogens is 324 g/mol. The van der Waals surface area contributed by atoms with Gasteiger partial charge in [-0.15, -0.1) is 12.4 Å². The molecule has 1 aliphatic rings. The van der Waals surface area contributed by atoms with Crippen molar-refractivity contribution in [3.8, 4) is 0 Å². The third kappa shape index (κ3) is 4.55. The average molecular weight is 343 g/mol. The van der Waals surface area contributed by atoms with Crippen LogP contribution in [0.4, 0.5) is 17.6 Å². The molecule has 0 bridgehead atoms. The third-order valence-corrected chi connectivity index (χ3v) is 3.67. The Balaban J connectivity index is 0.00000242. The number of halogens is 5. The highest BCUT2D eigenvalue weighted by Gasteiger charge is 2.37. The van der Waals surface area contributed by atoms with Gasteiger partial charge in [-0.3, -0.25) is 4.90 Å². The Hall–Kier alpha value is -0.890. The predicted molar refractivity (Wildman–Crippen MR) is 77.5 cm³/mol. The normalized spacial score (nSPS) is 17.9. The monoisotopic (exact) mass is 342 g/mol. The molecule has 22 heavy (non-hydrogen) atoms. The van der Waals surface area contributed by atoms with E-state index in [9.17, 15) is 22.7 Å². The van der Waals surface area contributed by atoms with Crippen LogP contribution in [0.25, 0.3) is 0 Å². The number of alkyl halides is 3. The number of benzene rings is 1. The third-order valence-electron chi connectivity index (χ3n) is 3.67. The summed E-state index contributed by atoms with van der Waals surface area (Å²) in [5, 5.41) is 12.3. The second-order valence-corrected chi connectivity index (χ2v) is 5.04. The van der Waals surface area contributed by atoms with Gasteiger partial charge in [0.15, 0.2) is 0 Å². The number of piperazine rings is 1. The second kappa shape index (κ2) is 8.10. The Morgan fingerprint density at radius 1 is 1.23 bits per heavy atom. The summed E-state index contributed by atoms with van der Waals surface area (Å²) in [7, 11) is 0. The first-order valence-corrected chi connectivity index (χ1v) is 6.85. The molecule has 0 amide bonds. The van der Waals surface area contributed by atoms with Gasteiger partial charge >= 0.3 is 6.18 Å². The summed E-state index contributed by atoms with van der Waals surface area (Å²) in [5.74, 6) is -0.908. The molecule has 3 nitrogen and oxygen atoms in total. The summed E-state index contributed by atoms with van der Waals surface area (Å²) in [6.45, 7) is 2.34. The average Bonchev–Trinajstić information content (AvgIpc) is 2.45. The van der Waals surface area contributed by atoms with Crippen molar-refractivity contribution < 1.29 is 22.7 Å². The smallest absolute Gasteiger partial charge is 0.396 e. The summed E-state index contributed by atoms with van der Waals surface area (Å²) in [5.41, 5.74) is -0.931. The first kappa shape index (κ1) is 19.2. The lowest BCUT2D eigenvalue weighted by atomic mass is 9.95. The molecular formula is C14H19ClF4N2O. The van der Waals surface area contributed by atoms with E-state index in [-0.39, 0.29) is 31.0 Å². The van der Waals surface area contributed by atoms with Crippen LogP contribution in [-0.2, 0) is 6.18 Å². The van der Waals surface area contributed by atoms with Gasteiger partial charge in [0.05, 0.1) is 5.56 Å². The van der Waals surface area contributed by atoms with Crippen LogP contribution in [0.15, 0.2) is 18.2 Å². The molecule has 1 aromatic rings. The predicted octanol–water partition coefficient (Wildman–Crippen LogP) is 2.60. The van der Waals surface area contributed by atoms with Crippen LogP contribution in [0.1, 0.15) is 23.6 Å². The van der Waals surface area contributed by atoms with Crippen molar-refractivity contribution in [1.29, 1.82) is 0 Å². The van der Waals surface area contributed by atoms with Crippen molar-refractivity contribution in [1.82, 2.24) is 10.2 Å². The Morgan fingerprint density at radius 2 is 1.86 bits per heavy atom. The summed E-state index contributed by atoms with van der Waals surface area (Å²) >= 11 is 0. The molecule has 1 aliphatic heterocycles. The van der Waals surface area contributed by atoms with Gasteiger partial charge in [-0.1, -0.05) is 6.07 Å². The van der Waals surface area contributed by atoms with Gasteiger partial charge in [-0.05, 0) is 24.1 Å². The van der Waals surface area contributed by atoms with Crippen LogP contribution in [0.3, 0.4) is 0 Å². The fourth-order valence-electron chi connectivity index (χ4n) is 2.72. The zero-order valence-corrected chi connectivity index (χ0v) is 12.7. The molecule has 126 valence electrons. The van der Waals surface area contributed by atoms with Crippen LogP contribution >= 0.6 is 12.4 Å². The van der Waals surface area contributed by atoms with Gasteiger partial charge < -0.3 is 10.4 Å². The maximum atomic E-state index is 13.2. The summed E-state index contributed by atoms with van der Waals surface area (Å²) in [4.78, 5) is 1.90. The maximum Gasteiger partial charge on any atom is 0.416 e. The summed E-state index contributed by atoms with van der Waals surface area (Å²) in [6.07, 6.45) is -4.42. The van der Waals surface area contributed by atoms with E-state index >= 15 is 0 Å². The largest absolute Gasteiger partial charge is 0.416 e. The minimum Gasteiger partial charge on any atom is -0.396 e. The number of hydrogen-bond donors (Lipinski definition) is 2. The molecule has 1 aromatic carbocycles. The number of nitrogens with zero attached hydrogens (tertiary/aromatic N) is 1. The lowest BCUT2D eigenvalue weighted by Gasteiger charge is -2.36. The summed E-state index contributed by atoms with van der Waals surface area (Å²) < 4.78 is 52.6. The quantitative estimate of drug-likeness (QED) is 0.826. The van der Waals surface area contributed by atoms with Crippen molar-refractivity contribution >= 4 is 12.4 Å². The van der Waals surface area contributed by atoms with Gasteiger partial charge in [0.25, 0.3) is 0 Å². The SMILES string of the molecule is Cl.OCC[C@H](c1ccc(F)cc1C(F)(F)F)N1CCNCC1. The number of nitrogens with one attached hydrogen (secondary N) is 1. The molecule has 1 atom stereocenters. The molecule has 1 fully saturated rings. The Kier molecular flexibility index (Phi) is 7.05. The molecule has 8 heteroatoms. The molecule has 0 aliphatic carbocycles. The molecule has 2 rings (SSSR count). The fourth-order valence-corrected chi connectivity index (χ4v) is 2.72. The zero-order chi connectivity index (χ0) is 15.5. The van der Waals surface area contributed by atoms with Gasteiger partial charge in [-0.25, -0.2) is 4.39 Å². The van der Waals surface area contributed by atoms with Gasteiger partial charge in [0.1, 0.15) is 5.82 Å². The van der Waals surface area contributed by atoms with E-state index in [2.05, 4.69) is 5.32 Å². The molecule has 0 radical (unpaired) electrons. The number of aliphatic hydroxyl groups is 1. The van der Waals surface area contributed by atoms with E-state index in [4.69, 9.17) is 0 Å². The fraction of sp³-hybridized carbons (Fsp3) is 0.571. The first-order valence-electron chi connectivity index (χ1n) is 6.85. The number of hydrogen-bond acceptors (Lipinski definition) is 3. The molecule has 0 spiro atoms. The van der Waals surface area contributed by atoms with Gasteiger partial charge in [-0.2, -0.15) is 13.2 Å². The van der Waals surface area contributed by atoms with Crippen molar-refractivity contribution in [2.45, 2.75) is 18.6 Å². The maximum absolute atomic E-state index is 13.2. The van der Waals surface area contributed by atoms with Crippen molar-refractivity contribution in [3.05, 3.63) is 35.1 Å². The van der Waals surface area contributed by atoms with E-state index in [0.29, 0.717) is 32.2 Å². The van der Waals surface area contributed by atoms with Crippen LogP contribution in [0.5, 0.6) is 0 Å². The summed E-state index contributed by atoms with van der Waals surface area (Å²) in [6, 6.07) is 2.19. The minimum atomic E-state index is -4.61. The van der Waals surface area contributed by atoms with Crippen LogP contribution in [0, 0.1) is 5.82 Å². The van der Waals surface area contributed by atoms with E-state index in [1.807, 2.05) is 4.90 Å². The van der Waals surface area contributed by atoms with Crippen LogP contribution < -0.4 is 5.32 Å². The topological polar surface area (TPSA) is 35.5 Å².